The van der Waals surface area contributed by atoms with Crippen molar-refractivity contribution in [3.05, 3.63) is 112 Å². The second-order valence-corrected chi connectivity index (χ2v) is 7.58. The molecule has 0 unspecified atom stereocenters. The summed E-state index contributed by atoms with van der Waals surface area (Å²) in [7, 11) is 0. The zero-order valence-electron chi connectivity index (χ0n) is 16.5. The van der Waals surface area contributed by atoms with Crippen molar-refractivity contribution >= 4 is 40.4 Å². The second-order valence-electron chi connectivity index (χ2n) is 7.17. The van der Waals surface area contributed by atoms with Crippen LogP contribution in [0.4, 0.5) is 8.78 Å². The molecule has 2 nitrogen and oxygen atoms in total. The van der Waals surface area contributed by atoms with E-state index in [1.165, 1.54) is 0 Å². The van der Waals surface area contributed by atoms with Crippen LogP contribution in [-0.4, -0.2) is 10.8 Å². The Morgan fingerprint density at radius 3 is 2.55 bits per heavy atom. The summed E-state index contributed by atoms with van der Waals surface area (Å²) in [5.74, 6) is -1.78. The van der Waals surface area contributed by atoms with E-state index in [1.807, 2.05) is 48.5 Å². The third-order valence-corrected chi connectivity index (χ3v) is 5.36. The number of Topliss-reactive ketones (excluding diaryl/α,β-unsaturated/α-hetero) is 1. The molecule has 0 aliphatic carbocycles. The van der Waals surface area contributed by atoms with Crippen molar-refractivity contribution in [3.8, 4) is 0 Å². The number of hydrogen-bond donors (Lipinski definition) is 0. The smallest absolute Gasteiger partial charge is 0.163 e. The first-order chi connectivity index (χ1) is 15.0. The highest BCUT2D eigenvalue weighted by atomic mass is 35.5. The van der Waals surface area contributed by atoms with Gasteiger partial charge in [0.25, 0.3) is 0 Å². The van der Waals surface area contributed by atoms with Gasteiger partial charge in [0.2, 0.25) is 0 Å². The Balaban J connectivity index is 1.48. The molecule has 1 heterocycles. The van der Waals surface area contributed by atoms with Crippen molar-refractivity contribution in [1.29, 1.82) is 0 Å². The molecular formula is C26H18ClF2NO. The second kappa shape index (κ2) is 9.19. The number of aromatic nitrogens is 1. The summed E-state index contributed by atoms with van der Waals surface area (Å²) in [5.41, 5.74) is 3.40. The van der Waals surface area contributed by atoms with Crippen LogP contribution in [0, 0.1) is 11.6 Å². The van der Waals surface area contributed by atoms with Crippen LogP contribution in [0.3, 0.4) is 0 Å². The SMILES string of the molecule is O=C(CCc1ccccc1Cl)c1cccc(/C=C/c2ccc3cc(F)c(F)cc3n2)c1. The number of halogens is 3. The lowest BCUT2D eigenvalue weighted by molar-refractivity contribution is 0.0983. The number of hydrogen-bond acceptors (Lipinski definition) is 2. The first kappa shape index (κ1) is 20.9. The molecule has 0 spiro atoms. The number of carbonyl (C=O) groups excluding carboxylic acids is 1. The summed E-state index contributed by atoms with van der Waals surface area (Å²) >= 11 is 6.17. The number of pyridine rings is 1. The lowest BCUT2D eigenvalue weighted by Crippen LogP contribution is -2.01. The monoisotopic (exact) mass is 433 g/mol. The minimum Gasteiger partial charge on any atom is -0.294 e. The van der Waals surface area contributed by atoms with E-state index >= 15 is 0 Å². The van der Waals surface area contributed by atoms with Crippen LogP contribution in [0.25, 0.3) is 23.1 Å². The zero-order valence-corrected chi connectivity index (χ0v) is 17.2. The van der Waals surface area contributed by atoms with Gasteiger partial charge in [-0.15, -0.1) is 0 Å². The normalized spacial score (nSPS) is 11.3. The van der Waals surface area contributed by atoms with Gasteiger partial charge < -0.3 is 0 Å². The molecule has 5 heteroatoms. The molecule has 4 aromatic rings. The highest BCUT2D eigenvalue weighted by molar-refractivity contribution is 6.31. The molecule has 0 aliphatic rings. The van der Waals surface area contributed by atoms with Crippen LogP contribution < -0.4 is 0 Å². The fourth-order valence-corrected chi connectivity index (χ4v) is 3.55. The number of nitrogens with zero attached hydrogens (tertiary/aromatic N) is 1. The molecule has 0 saturated carbocycles. The molecule has 0 saturated heterocycles. The van der Waals surface area contributed by atoms with E-state index in [0.29, 0.717) is 40.0 Å². The predicted molar refractivity (Wildman–Crippen MR) is 121 cm³/mol. The third-order valence-electron chi connectivity index (χ3n) is 4.99. The lowest BCUT2D eigenvalue weighted by atomic mass is 10.0. The number of ketones is 1. The van der Waals surface area contributed by atoms with Crippen molar-refractivity contribution in [3.63, 3.8) is 0 Å². The van der Waals surface area contributed by atoms with Gasteiger partial charge in [-0.3, -0.25) is 4.79 Å². The van der Waals surface area contributed by atoms with Crippen molar-refractivity contribution < 1.29 is 13.6 Å². The van der Waals surface area contributed by atoms with Gasteiger partial charge in [0.15, 0.2) is 17.4 Å². The van der Waals surface area contributed by atoms with E-state index in [4.69, 9.17) is 11.6 Å². The fourth-order valence-electron chi connectivity index (χ4n) is 3.32. The molecule has 0 fully saturated rings. The molecule has 0 N–H and O–H groups in total. The van der Waals surface area contributed by atoms with Crippen molar-refractivity contribution in [2.24, 2.45) is 0 Å². The van der Waals surface area contributed by atoms with Gasteiger partial charge in [-0.25, -0.2) is 13.8 Å². The molecule has 0 bridgehead atoms. The van der Waals surface area contributed by atoms with Crippen molar-refractivity contribution in [2.75, 3.05) is 0 Å². The molecule has 0 atom stereocenters. The molecule has 0 radical (unpaired) electrons. The van der Waals surface area contributed by atoms with Crippen LogP contribution in [0.15, 0.2) is 72.8 Å². The highest BCUT2D eigenvalue weighted by Crippen LogP contribution is 2.20. The third kappa shape index (κ3) is 5.04. The van der Waals surface area contributed by atoms with Crippen LogP contribution in [0.1, 0.15) is 33.6 Å². The maximum absolute atomic E-state index is 13.5. The molecule has 0 aliphatic heterocycles. The van der Waals surface area contributed by atoms with Gasteiger partial charge in [0, 0.05) is 28.5 Å². The van der Waals surface area contributed by atoms with Gasteiger partial charge >= 0.3 is 0 Å². The van der Waals surface area contributed by atoms with Crippen molar-refractivity contribution in [1.82, 2.24) is 4.98 Å². The van der Waals surface area contributed by atoms with Gasteiger partial charge in [0.05, 0.1) is 11.2 Å². The number of aryl methyl sites for hydroxylation is 1. The summed E-state index contributed by atoms with van der Waals surface area (Å²) < 4.78 is 26.8. The van der Waals surface area contributed by atoms with Crippen LogP contribution in [-0.2, 0) is 6.42 Å². The fraction of sp³-hybridized carbons (Fsp3) is 0.0769. The molecular weight excluding hydrogens is 416 g/mol. The van der Waals surface area contributed by atoms with E-state index in [9.17, 15) is 13.6 Å². The topological polar surface area (TPSA) is 30.0 Å². The standard InChI is InChI=1S/C26H18ClF2NO/c27-22-7-2-1-5-18(22)10-13-26(31)20-6-3-4-17(14-20)8-11-21-12-9-19-15-23(28)24(29)16-25(19)30-21/h1-9,11-12,14-16H,10,13H2/b11-8+. The Hall–Kier alpha value is -3.37. The Labute approximate surface area is 183 Å². The van der Waals surface area contributed by atoms with Gasteiger partial charge in [-0.05, 0) is 47.9 Å². The van der Waals surface area contributed by atoms with E-state index < -0.39 is 11.6 Å². The molecule has 31 heavy (non-hydrogen) atoms. The van der Waals surface area contributed by atoms with Gasteiger partial charge in [-0.2, -0.15) is 0 Å². The molecule has 3 aromatic carbocycles. The van der Waals surface area contributed by atoms with E-state index in [-0.39, 0.29) is 5.78 Å². The Morgan fingerprint density at radius 2 is 1.71 bits per heavy atom. The first-order valence-electron chi connectivity index (χ1n) is 9.80. The maximum atomic E-state index is 13.5. The summed E-state index contributed by atoms with van der Waals surface area (Å²) in [6.45, 7) is 0. The first-order valence-corrected chi connectivity index (χ1v) is 10.2. The summed E-state index contributed by atoms with van der Waals surface area (Å²) in [5, 5.41) is 1.19. The van der Waals surface area contributed by atoms with Crippen LogP contribution in [0.5, 0.6) is 0 Å². The summed E-state index contributed by atoms with van der Waals surface area (Å²) in [6, 6.07) is 20.5. The van der Waals surface area contributed by atoms with Gasteiger partial charge in [0.1, 0.15) is 0 Å². The zero-order chi connectivity index (χ0) is 21.8. The molecule has 154 valence electrons. The average Bonchev–Trinajstić information content (AvgIpc) is 2.78. The average molecular weight is 434 g/mol. The number of carbonyl (C=O) groups is 1. The summed E-state index contributed by atoms with van der Waals surface area (Å²) in [4.78, 5) is 17.0. The minimum atomic E-state index is -0.927. The van der Waals surface area contributed by atoms with Crippen LogP contribution >= 0.6 is 11.6 Å². The molecule has 0 amide bonds. The molecule has 4 rings (SSSR count). The Morgan fingerprint density at radius 1 is 0.903 bits per heavy atom. The van der Waals surface area contributed by atoms with Gasteiger partial charge in [-0.1, -0.05) is 60.1 Å². The van der Waals surface area contributed by atoms with E-state index in [2.05, 4.69) is 4.98 Å². The maximum Gasteiger partial charge on any atom is 0.163 e. The predicted octanol–water partition coefficient (Wildman–Crippen LogP) is 7.15. The quantitative estimate of drug-likeness (QED) is 0.302. The Bertz CT molecular complexity index is 1300. The van der Waals surface area contributed by atoms with Crippen molar-refractivity contribution in [2.45, 2.75) is 12.8 Å². The minimum absolute atomic E-state index is 0.0384. The highest BCUT2D eigenvalue weighted by Gasteiger charge is 2.08. The van der Waals surface area contributed by atoms with E-state index in [1.54, 1.807) is 24.3 Å². The largest absolute Gasteiger partial charge is 0.294 e. The van der Waals surface area contributed by atoms with Crippen LogP contribution in [0.2, 0.25) is 5.02 Å². The number of rotatable bonds is 6. The number of fused-ring (bicyclic) bond motifs is 1. The number of benzene rings is 3. The lowest BCUT2D eigenvalue weighted by Gasteiger charge is -2.05. The molecule has 1 aromatic heterocycles. The summed E-state index contributed by atoms with van der Waals surface area (Å²) in [6.07, 6.45) is 4.55. The van der Waals surface area contributed by atoms with E-state index in [0.717, 1.165) is 23.3 Å². The Kier molecular flexibility index (Phi) is 6.19.